The number of carbonyl (C=O) groups excluding carboxylic acids is 1. The molecule has 0 radical (unpaired) electrons. The van der Waals surface area contributed by atoms with E-state index < -0.39 is 0 Å². The maximum atomic E-state index is 12.2. The molecule has 0 bridgehead atoms. The van der Waals surface area contributed by atoms with E-state index in [0.717, 1.165) is 49.2 Å². The summed E-state index contributed by atoms with van der Waals surface area (Å²) in [5, 5.41) is 0. The van der Waals surface area contributed by atoms with Crippen LogP contribution >= 0.6 is 0 Å². The van der Waals surface area contributed by atoms with Crippen LogP contribution in [-0.2, 0) is 9.53 Å². The number of likely N-dealkylation sites (tertiary alicyclic amines) is 1. The van der Waals surface area contributed by atoms with Crippen LogP contribution in [0.1, 0.15) is 37.9 Å². The van der Waals surface area contributed by atoms with E-state index in [-0.39, 0.29) is 18.4 Å². The molecule has 3 rings (SSSR count). The number of nitrogens with zero attached hydrogens (tertiary/aromatic N) is 2. The van der Waals surface area contributed by atoms with E-state index >= 15 is 0 Å². The number of aromatic nitrogens is 2. The van der Waals surface area contributed by atoms with Crippen molar-refractivity contribution in [3.8, 4) is 0 Å². The maximum absolute atomic E-state index is 12.2. The standard InChI is InChI=1S/C17H23N3O2/c1-2-10-22-12-16(21)20-9-5-6-13(11-20)17-18-14-7-3-4-8-15(14)19-17/h3-4,7-8,13H,2,5-6,9-12H2,1H3,(H,18,19)/t13-/m1/s1. The topological polar surface area (TPSA) is 58.2 Å². The van der Waals surface area contributed by atoms with Crippen molar-refractivity contribution in [3.05, 3.63) is 30.1 Å². The number of benzene rings is 1. The Bertz CT molecular complexity index is 605. The van der Waals surface area contributed by atoms with Crippen LogP contribution in [-0.4, -0.2) is 47.1 Å². The Morgan fingerprint density at radius 3 is 3.14 bits per heavy atom. The maximum Gasteiger partial charge on any atom is 0.248 e. The summed E-state index contributed by atoms with van der Waals surface area (Å²) in [6.07, 6.45) is 3.02. The molecule has 2 aromatic rings. The predicted molar refractivity (Wildman–Crippen MR) is 85.8 cm³/mol. The van der Waals surface area contributed by atoms with Gasteiger partial charge in [0.05, 0.1) is 11.0 Å². The zero-order valence-corrected chi connectivity index (χ0v) is 13.0. The quantitative estimate of drug-likeness (QED) is 0.864. The summed E-state index contributed by atoms with van der Waals surface area (Å²) in [6, 6.07) is 8.05. The molecule has 1 aromatic carbocycles. The predicted octanol–water partition coefficient (Wildman–Crippen LogP) is 2.70. The Hall–Kier alpha value is -1.88. The Kier molecular flexibility index (Phi) is 4.73. The molecule has 1 saturated heterocycles. The van der Waals surface area contributed by atoms with Gasteiger partial charge in [0.2, 0.25) is 5.91 Å². The summed E-state index contributed by atoms with van der Waals surface area (Å²) in [5.74, 6) is 1.37. The van der Waals surface area contributed by atoms with E-state index in [1.165, 1.54) is 0 Å². The van der Waals surface area contributed by atoms with Gasteiger partial charge in [-0.15, -0.1) is 0 Å². The normalized spacial score (nSPS) is 18.8. The fraction of sp³-hybridized carbons (Fsp3) is 0.529. The molecule has 1 fully saturated rings. The van der Waals surface area contributed by atoms with Gasteiger partial charge < -0.3 is 14.6 Å². The van der Waals surface area contributed by atoms with Crippen molar-refractivity contribution >= 4 is 16.9 Å². The number of carbonyl (C=O) groups is 1. The van der Waals surface area contributed by atoms with Gasteiger partial charge >= 0.3 is 0 Å². The molecule has 1 aliphatic heterocycles. The van der Waals surface area contributed by atoms with E-state index in [1.807, 2.05) is 36.1 Å². The highest BCUT2D eigenvalue weighted by Gasteiger charge is 2.26. The van der Waals surface area contributed by atoms with Gasteiger partial charge in [-0.3, -0.25) is 4.79 Å². The fourth-order valence-corrected chi connectivity index (χ4v) is 2.99. The minimum Gasteiger partial charge on any atom is -0.372 e. The van der Waals surface area contributed by atoms with Gasteiger partial charge in [0, 0.05) is 25.6 Å². The second kappa shape index (κ2) is 6.92. The first-order chi connectivity index (χ1) is 10.8. The van der Waals surface area contributed by atoms with E-state index in [0.29, 0.717) is 6.61 Å². The fourth-order valence-electron chi connectivity index (χ4n) is 2.99. The first-order valence-corrected chi connectivity index (χ1v) is 8.08. The number of hydrogen-bond acceptors (Lipinski definition) is 3. The van der Waals surface area contributed by atoms with Crippen LogP contribution in [0.25, 0.3) is 11.0 Å². The first-order valence-electron chi connectivity index (χ1n) is 8.08. The second-order valence-corrected chi connectivity index (χ2v) is 5.87. The van der Waals surface area contributed by atoms with Gasteiger partial charge in [-0.1, -0.05) is 19.1 Å². The van der Waals surface area contributed by atoms with Crippen molar-refractivity contribution in [2.75, 3.05) is 26.3 Å². The van der Waals surface area contributed by atoms with Gasteiger partial charge in [-0.05, 0) is 31.4 Å². The lowest BCUT2D eigenvalue weighted by Crippen LogP contribution is -2.41. The lowest BCUT2D eigenvalue weighted by molar-refractivity contribution is -0.137. The van der Waals surface area contributed by atoms with E-state index in [9.17, 15) is 4.79 Å². The van der Waals surface area contributed by atoms with E-state index in [2.05, 4.69) is 9.97 Å². The number of nitrogens with one attached hydrogen (secondary N) is 1. The SMILES string of the molecule is CCCOCC(=O)N1CCC[C@@H](c2nc3ccccc3[nH]2)C1. The Morgan fingerprint density at radius 1 is 1.45 bits per heavy atom. The number of piperidine rings is 1. The average Bonchev–Trinajstić information content (AvgIpc) is 2.99. The highest BCUT2D eigenvalue weighted by molar-refractivity contribution is 5.78. The number of para-hydroxylation sites is 2. The van der Waals surface area contributed by atoms with Gasteiger partial charge in [-0.25, -0.2) is 4.98 Å². The van der Waals surface area contributed by atoms with Gasteiger partial charge in [0.15, 0.2) is 0 Å². The van der Waals surface area contributed by atoms with Crippen molar-refractivity contribution in [2.45, 2.75) is 32.1 Å². The Labute approximate surface area is 130 Å². The third-order valence-electron chi connectivity index (χ3n) is 4.14. The second-order valence-electron chi connectivity index (χ2n) is 5.87. The molecule has 1 amide bonds. The molecular formula is C17H23N3O2. The van der Waals surface area contributed by atoms with Crippen molar-refractivity contribution in [2.24, 2.45) is 0 Å². The highest BCUT2D eigenvalue weighted by Crippen LogP contribution is 2.26. The molecule has 22 heavy (non-hydrogen) atoms. The Balaban J connectivity index is 1.66. The van der Waals surface area contributed by atoms with Crippen LogP contribution in [0.5, 0.6) is 0 Å². The summed E-state index contributed by atoms with van der Waals surface area (Å²) in [6.45, 7) is 4.44. The number of fused-ring (bicyclic) bond motifs is 1. The van der Waals surface area contributed by atoms with Crippen LogP contribution in [0.3, 0.4) is 0 Å². The van der Waals surface area contributed by atoms with Gasteiger partial charge in [0.25, 0.3) is 0 Å². The summed E-state index contributed by atoms with van der Waals surface area (Å²) in [4.78, 5) is 22.2. The van der Waals surface area contributed by atoms with Crippen LogP contribution in [0.4, 0.5) is 0 Å². The molecule has 0 saturated carbocycles. The molecule has 1 aliphatic rings. The summed E-state index contributed by atoms with van der Waals surface area (Å²) in [5.41, 5.74) is 2.06. The molecule has 0 aliphatic carbocycles. The molecule has 118 valence electrons. The molecule has 5 heteroatoms. The van der Waals surface area contributed by atoms with Crippen LogP contribution in [0.2, 0.25) is 0 Å². The molecule has 1 atom stereocenters. The third kappa shape index (κ3) is 3.30. The number of aromatic amines is 1. The average molecular weight is 301 g/mol. The van der Waals surface area contributed by atoms with Gasteiger partial charge in [-0.2, -0.15) is 0 Å². The largest absolute Gasteiger partial charge is 0.372 e. The molecule has 1 N–H and O–H groups in total. The number of H-pyrrole nitrogens is 1. The molecule has 0 spiro atoms. The number of hydrogen-bond donors (Lipinski definition) is 1. The van der Waals surface area contributed by atoms with Crippen molar-refractivity contribution in [1.29, 1.82) is 0 Å². The zero-order chi connectivity index (χ0) is 15.4. The van der Waals surface area contributed by atoms with E-state index in [1.54, 1.807) is 0 Å². The molecule has 1 aromatic heterocycles. The minimum atomic E-state index is 0.0919. The smallest absolute Gasteiger partial charge is 0.248 e. The van der Waals surface area contributed by atoms with Crippen molar-refractivity contribution < 1.29 is 9.53 Å². The number of ether oxygens (including phenoxy) is 1. The number of imidazole rings is 1. The molecule has 2 heterocycles. The summed E-state index contributed by atoms with van der Waals surface area (Å²) in [7, 11) is 0. The first kappa shape index (κ1) is 15.0. The van der Waals surface area contributed by atoms with Crippen LogP contribution in [0, 0.1) is 0 Å². The van der Waals surface area contributed by atoms with E-state index in [4.69, 9.17) is 4.74 Å². The van der Waals surface area contributed by atoms with Crippen molar-refractivity contribution in [1.82, 2.24) is 14.9 Å². The molecular weight excluding hydrogens is 278 g/mol. The van der Waals surface area contributed by atoms with Crippen LogP contribution < -0.4 is 0 Å². The number of amides is 1. The summed E-state index contributed by atoms with van der Waals surface area (Å²) < 4.78 is 5.37. The minimum absolute atomic E-state index is 0.0919. The van der Waals surface area contributed by atoms with Crippen molar-refractivity contribution in [3.63, 3.8) is 0 Å². The molecule has 0 unspecified atom stereocenters. The van der Waals surface area contributed by atoms with Crippen LogP contribution in [0.15, 0.2) is 24.3 Å². The third-order valence-corrected chi connectivity index (χ3v) is 4.14. The highest BCUT2D eigenvalue weighted by atomic mass is 16.5. The monoisotopic (exact) mass is 301 g/mol. The Morgan fingerprint density at radius 2 is 2.32 bits per heavy atom. The zero-order valence-electron chi connectivity index (χ0n) is 13.0. The number of rotatable bonds is 5. The van der Waals surface area contributed by atoms with Gasteiger partial charge in [0.1, 0.15) is 12.4 Å². The molecule has 5 nitrogen and oxygen atoms in total. The summed E-state index contributed by atoms with van der Waals surface area (Å²) >= 11 is 0. The lowest BCUT2D eigenvalue weighted by atomic mass is 9.97. The lowest BCUT2D eigenvalue weighted by Gasteiger charge is -2.31.